The molecule has 0 fully saturated rings. The van der Waals surface area contributed by atoms with E-state index in [1.165, 1.54) is 0 Å². The van der Waals surface area contributed by atoms with Gasteiger partial charge in [0.15, 0.2) is 0 Å². The van der Waals surface area contributed by atoms with E-state index in [1.807, 2.05) is 42.5 Å². The summed E-state index contributed by atoms with van der Waals surface area (Å²) in [6.45, 7) is 3.85. The van der Waals surface area contributed by atoms with Crippen LogP contribution in [0.25, 0.3) is 11.3 Å². The van der Waals surface area contributed by atoms with Crippen molar-refractivity contribution in [1.29, 1.82) is 0 Å². The van der Waals surface area contributed by atoms with Gasteiger partial charge in [-0.05, 0) is 57.4 Å². The lowest BCUT2D eigenvalue weighted by molar-refractivity contribution is 0.0765. The topological polar surface area (TPSA) is 72.0 Å². The third-order valence-electron chi connectivity index (χ3n) is 5.49. The van der Waals surface area contributed by atoms with Crippen molar-refractivity contribution in [1.82, 2.24) is 14.9 Å². The van der Waals surface area contributed by atoms with E-state index in [-0.39, 0.29) is 0 Å². The number of hydrogen-bond donors (Lipinski definition) is 1. The summed E-state index contributed by atoms with van der Waals surface area (Å²) < 4.78 is 17.7. The highest BCUT2D eigenvalue weighted by Crippen LogP contribution is 2.32. The summed E-state index contributed by atoms with van der Waals surface area (Å²) in [5.74, 6) is 2.10. The van der Waals surface area contributed by atoms with Gasteiger partial charge in [-0.25, -0.2) is 9.97 Å². The molecule has 0 unspecified atom stereocenters. The molecule has 0 amide bonds. The van der Waals surface area contributed by atoms with E-state index in [0.29, 0.717) is 32.4 Å². The number of benzene rings is 2. The van der Waals surface area contributed by atoms with Gasteiger partial charge in [0.2, 0.25) is 5.95 Å². The van der Waals surface area contributed by atoms with Crippen molar-refractivity contribution in [3.63, 3.8) is 0 Å². The third-order valence-corrected chi connectivity index (χ3v) is 5.49. The standard InChI is InChI=1S/C26H33N5O3/c1-30(2)12-5-13-31(3)24-9-8-21-19-25(24)34-17-15-32-14-16-33-22-7-4-6-20(18-22)23-10-11-27-26(28-21)29-23/h4,6-11,18-19H,5,12-17H2,1-3H3,(H,27,28,29). The molecule has 0 saturated carbocycles. The minimum atomic E-state index is 0.448. The van der Waals surface area contributed by atoms with Gasteiger partial charge >= 0.3 is 0 Å². The molecule has 0 aliphatic carbocycles. The summed E-state index contributed by atoms with van der Waals surface area (Å²) in [6.07, 6.45) is 2.82. The highest BCUT2D eigenvalue weighted by molar-refractivity contribution is 5.68. The van der Waals surface area contributed by atoms with E-state index in [4.69, 9.17) is 19.2 Å². The molecule has 2 aromatic carbocycles. The van der Waals surface area contributed by atoms with Gasteiger partial charge in [-0.15, -0.1) is 0 Å². The molecule has 4 rings (SSSR count). The number of hydrogen-bond acceptors (Lipinski definition) is 8. The number of nitrogens with zero attached hydrogens (tertiary/aromatic N) is 4. The second-order valence-corrected chi connectivity index (χ2v) is 8.49. The Morgan fingerprint density at radius 1 is 0.912 bits per heavy atom. The first-order valence-electron chi connectivity index (χ1n) is 11.6. The fourth-order valence-electron chi connectivity index (χ4n) is 3.75. The Kier molecular flexibility index (Phi) is 8.17. The second kappa shape index (κ2) is 11.7. The molecule has 1 aliphatic heterocycles. The highest BCUT2D eigenvalue weighted by Gasteiger charge is 2.12. The van der Waals surface area contributed by atoms with E-state index in [9.17, 15) is 0 Å². The number of nitrogens with one attached hydrogen (secondary N) is 1. The molecule has 3 aromatic rings. The zero-order valence-electron chi connectivity index (χ0n) is 20.2. The van der Waals surface area contributed by atoms with Gasteiger partial charge in [-0.2, -0.15) is 0 Å². The van der Waals surface area contributed by atoms with E-state index in [0.717, 1.165) is 53.6 Å². The maximum Gasteiger partial charge on any atom is 0.227 e. The Morgan fingerprint density at radius 3 is 2.62 bits per heavy atom. The summed E-state index contributed by atoms with van der Waals surface area (Å²) in [6, 6.07) is 15.9. The molecular weight excluding hydrogens is 430 g/mol. The second-order valence-electron chi connectivity index (χ2n) is 8.49. The van der Waals surface area contributed by atoms with Crippen LogP contribution >= 0.6 is 0 Å². The summed E-state index contributed by atoms with van der Waals surface area (Å²) in [5, 5.41) is 3.32. The van der Waals surface area contributed by atoms with Crippen molar-refractivity contribution in [3.8, 4) is 22.8 Å². The number of aromatic nitrogens is 2. The van der Waals surface area contributed by atoms with Gasteiger partial charge in [-0.3, -0.25) is 0 Å². The Hall–Kier alpha value is -3.36. The van der Waals surface area contributed by atoms with Crippen LogP contribution in [0.4, 0.5) is 17.3 Å². The quantitative estimate of drug-likeness (QED) is 0.607. The van der Waals surface area contributed by atoms with Crippen molar-refractivity contribution >= 4 is 17.3 Å². The first-order chi connectivity index (χ1) is 16.6. The number of rotatable bonds is 5. The van der Waals surface area contributed by atoms with E-state index >= 15 is 0 Å². The highest BCUT2D eigenvalue weighted by atomic mass is 16.5. The molecule has 2 heterocycles. The molecule has 8 heteroatoms. The first-order valence-corrected chi connectivity index (χ1v) is 11.6. The average Bonchev–Trinajstić information content (AvgIpc) is 2.83. The molecule has 0 saturated heterocycles. The van der Waals surface area contributed by atoms with Gasteiger partial charge < -0.3 is 29.3 Å². The molecule has 0 radical (unpaired) electrons. The largest absolute Gasteiger partial charge is 0.491 e. The molecule has 0 spiro atoms. The molecular formula is C26H33N5O3. The van der Waals surface area contributed by atoms with Crippen molar-refractivity contribution in [3.05, 3.63) is 54.7 Å². The molecule has 1 aromatic heterocycles. The minimum absolute atomic E-state index is 0.448. The fourth-order valence-corrected chi connectivity index (χ4v) is 3.75. The van der Waals surface area contributed by atoms with Crippen LogP contribution in [0, 0.1) is 0 Å². The smallest absolute Gasteiger partial charge is 0.227 e. The lowest BCUT2D eigenvalue weighted by atomic mass is 10.1. The van der Waals surface area contributed by atoms with Crippen molar-refractivity contribution in [2.45, 2.75) is 6.42 Å². The molecule has 1 N–H and O–H groups in total. The van der Waals surface area contributed by atoms with Crippen molar-refractivity contribution in [2.75, 3.05) is 70.9 Å². The Balaban J connectivity index is 1.60. The van der Waals surface area contributed by atoms with Crippen LogP contribution in [0.1, 0.15) is 6.42 Å². The number of fused-ring (bicyclic) bond motifs is 7. The maximum absolute atomic E-state index is 6.15. The molecule has 6 bridgehead atoms. The third kappa shape index (κ3) is 6.59. The lowest BCUT2D eigenvalue weighted by Crippen LogP contribution is -2.24. The Labute approximate surface area is 201 Å². The molecule has 180 valence electrons. The van der Waals surface area contributed by atoms with E-state index in [2.05, 4.69) is 47.3 Å². The van der Waals surface area contributed by atoms with E-state index in [1.54, 1.807) is 6.20 Å². The van der Waals surface area contributed by atoms with Gasteiger partial charge in [0.25, 0.3) is 0 Å². The zero-order chi connectivity index (χ0) is 23.8. The Morgan fingerprint density at radius 2 is 1.76 bits per heavy atom. The zero-order valence-corrected chi connectivity index (χ0v) is 20.2. The van der Waals surface area contributed by atoms with Gasteiger partial charge in [0.05, 0.1) is 24.6 Å². The maximum atomic E-state index is 6.15. The van der Waals surface area contributed by atoms with Gasteiger partial charge in [0.1, 0.15) is 24.7 Å². The van der Waals surface area contributed by atoms with E-state index < -0.39 is 0 Å². The molecule has 0 atom stereocenters. The van der Waals surface area contributed by atoms with Crippen LogP contribution in [-0.4, -0.2) is 75.5 Å². The summed E-state index contributed by atoms with van der Waals surface area (Å²) in [4.78, 5) is 13.5. The van der Waals surface area contributed by atoms with Crippen molar-refractivity contribution in [2.24, 2.45) is 0 Å². The summed E-state index contributed by atoms with van der Waals surface area (Å²) in [7, 11) is 6.28. The van der Waals surface area contributed by atoms with Crippen LogP contribution in [0.3, 0.4) is 0 Å². The van der Waals surface area contributed by atoms with Crippen molar-refractivity contribution < 1.29 is 14.2 Å². The van der Waals surface area contributed by atoms with Gasteiger partial charge in [0, 0.05) is 37.1 Å². The van der Waals surface area contributed by atoms with Crippen LogP contribution in [0.15, 0.2) is 54.7 Å². The first kappa shape index (κ1) is 23.8. The van der Waals surface area contributed by atoms with Gasteiger partial charge in [-0.1, -0.05) is 12.1 Å². The SMILES string of the molecule is CN(C)CCCN(C)c1ccc2cc1OCCOCCOc1cccc(c1)-c1ccnc(n1)N2. The average molecular weight is 464 g/mol. The van der Waals surface area contributed by atoms with Crippen LogP contribution < -0.4 is 19.7 Å². The monoisotopic (exact) mass is 463 g/mol. The molecule has 8 nitrogen and oxygen atoms in total. The Bertz CT molecular complexity index is 1080. The predicted octanol–water partition coefficient (Wildman–Crippen LogP) is 4.06. The molecule has 1 aliphatic rings. The number of anilines is 3. The minimum Gasteiger partial charge on any atom is -0.491 e. The summed E-state index contributed by atoms with van der Waals surface area (Å²) >= 11 is 0. The van der Waals surface area contributed by atoms with Crippen LogP contribution in [-0.2, 0) is 4.74 Å². The fraction of sp³-hybridized carbons (Fsp3) is 0.385. The normalized spacial score (nSPS) is 13.9. The summed E-state index contributed by atoms with van der Waals surface area (Å²) in [5.41, 5.74) is 3.68. The lowest BCUT2D eigenvalue weighted by Gasteiger charge is -2.24. The predicted molar refractivity (Wildman–Crippen MR) is 135 cm³/mol. The van der Waals surface area contributed by atoms with Crippen LogP contribution in [0.2, 0.25) is 0 Å². The number of ether oxygens (including phenoxy) is 3. The van der Waals surface area contributed by atoms with Crippen LogP contribution in [0.5, 0.6) is 11.5 Å². The molecule has 34 heavy (non-hydrogen) atoms.